The van der Waals surface area contributed by atoms with Crippen molar-refractivity contribution in [2.24, 2.45) is 5.92 Å². The van der Waals surface area contributed by atoms with Crippen molar-refractivity contribution in [1.29, 1.82) is 0 Å². The molecule has 1 atom stereocenters. The summed E-state index contributed by atoms with van der Waals surface area (Å²) in [4.78, 5) is 29.4. The Morgan fingerprint density at radius 3 is 2.46 bits per heavy atom. The van der Waals surface area contributed by atoms with Gasteiger partial charge in [0.25, 0.3) is 5.91 Å². The average Bonchev–Trinajstić information content (AvgIpc) is 3.16. The van der Waals surface area contributed by atoms with Crippen LogP contribution in [0.15, 0.2) is 68.3 Å². The van der Waals surface area contributed by atoms with Crippen LogP contribution in [0.2, 0.25) is 0 Å². The number of anilines is 1. The number of hydrogen-bond donors (Lipinski definition) is 0. The fourth-order valence-electron chi connectivity index (χ4n) is 4.67. The molecule has 37 heavy (non-hydrogen) atoms. The molecule has 0 N–H and O–H groups in total. The lowest BCUT2D eigenvalue weighted by atomic mass is 9.97. The number of ether oxygens (including phenoxy) is 2. The second-order valence-corrected chi connectivity index (χ2v) is 10.7. The number of carbonyl (C=O) groups excluding carboxylic acids is 1. The number of rotatable bonds is 6. The predicted octanol–water partition coefficient (Wildman–Crippen LogP) is 6.97. The molecule has 4 aromatic rings. The normalized spacial score (nSPS) is 14.9. The van der Waals surface area contributed by atoms with Crippen LogP contribution in [-0.4, -0.2) is 19.6 Å². The molecule has 0 bridgehead atoms. The number of methoxy groups -OCH3 is 1. The molecule has 1 aliphatic rings. The molecule has 1 aromatic heterocycles. The van der Waals surface area contributed by atoms with Gasteiger partial charge in [-0.2, -0.15) is 0 Å². The Morgan fingerprint density at radius 2 is 1.76 bits per heavy atom. The fourth-order valence-corrected chi connectivity index (χ4v) is 5.05. The van der Waals surface area contributed by atoms with Gasteiger partial charge in [0.1, 0.15) is 5.58 Å². The van der Waals surface area contributed by atoms with Gasteiger partial charge in [-0.1, -0.05) is 41.9 Å². The number of benzene rings is 3. The third kappa shape index (κ3) is 4.42. The molecule has 1 aliphatic heterocycles. The Hall–Kier alpha value is -3.58. The highest BCUT2D eigenvalue weighted by Gasteiger charge is 2.44. The van der Waals surface area contributed by atoms with Crippen molar-refractivity contribution >= 4 is 38.5 Å². The molecule has 5 rings (SSSR count). The van der Waals surface area contributed by atoms with Crippen LogP contribution in [0.5, 0.6) is 11.5 Å². The van der Waals surface area contributed by atoms with Crippen molar-refractivity contribution in [3.63, 3.8) is 0 Å². The van der Waals surface area contributed by atoms with Crippen molar-refractivity contribution < 1.29 is 18.7 Å². The monoisotopic (exact) mass is 561 g/mol. The van der Waals surface area contributed by atoms with Gasteiger partial charge >= 0.3 is 0 Å². The Labute approximate surface area is 223 Å². The smallest absolute Gasteiger partial charge is 0.295 e. The van der Waals surface area contributed by atoms with E-state index in [1.165, 1.54) is 0 Å². The van der Waals surface area contributed by atoms with Gasteiger partial charge < -0.3 is 13.9 Å². The maximum atomic E-state index is 14.0. The Kier molecular flexibility index (Phi) is 6.58. The first-order valence-corrected chi connectivity index (χ1v) is 13.0. The second-order valence-electron chi connectivity index (χ2n) is 9.78. The van der Waals surface area contributed by atoms with Gasteiger partial charge in [-0.3, -0.25) is 14.5 Å². The number of carbonyl (C=O) groups is 1. The maximum Gasteiger partial charge on any atom is 0.295 e. The van der Waals surface area contributed by atoms with Crippen molar-refractivity contribution in [2.45, 2.75) is 33.7 Å². The van der Waals surface area contributed by atoms with Gasteiger partial charge in [0.15, 0.2) is 16.9 Å². The van der Waals surface area contributed by atoms with Crippen molar-refractivity contribution in [2.75, 3.05) is 18.6 Å². The van der Waals surface area contributed by atoms with Crippen LogP contribution in [0, 0.1) is 19.8 Å². The standard InChI is InChI=1S/C30H28BrNO5/c1-16(2)15-36-23-10-9-19(13-25(23)35-5)27-26-28(33)22-11-17(3)18(4)12-24(22)37-29(26)30(34)32(27)21-8-6-7-20(31)14-21/h6-14,16,27H,15H2,1-5H3. The summed E-state index contributed by atoms with van der Waals surface area (Å²) >= 11 is 3.51. The summed E-state index contributed by atoms with van der Waals surface area (Å²) in [6.45, 7) is 8.60. The van der Waals surface area contributed by atoms with Gasteiger partial charge in [-0.15, -0.1) is 0 Å². The summed E-state index contributed by atoms with van der Waals surface area (Å²) in [6.07, 6.45) is 0. The van der Waals surface area contributed by atoms with Gasteiger partial charge in [-0.25, -0.2) is 0 Å². The Balaban J connectivity index is 1.75. The molecule has 0 spiro atoms. The van der Waals surface area contributed by atoms with Crippen LogP contribution in [-0.2, 0) is 0 Å². The van der Waals surface area contributed by atoms with Crippen molar-refractivity contribution in [3.05, 3.63) is 97.3 Å². The molecule has 1 amide bonds. The van der Waals surface area contributed by atoms with E-state index in [2.05, 4.69) is 29.8 Å². The van der Waals surface area contributed by atoms with E-state index in [9.17, 15) is 9.59 Å². The average molecular weight is 562 g/mol. The topological polar surface area (TPSA) is 69.0 Å². The highest BCUT2D eigenvalue weighted by atomic mass is 79.9. The summed E-state index contributed by atoms with van der Waals surface area (Å²) in [5, 5.41) is 0.458. The van der Waals surface area contributed by atoms with Crippen molar-refractivity contribution in [1.82, 2.24) is 0 Å². The van der Waals surface area contributed by atoms with E-state index in [1.807, 2.05) is 68.4 Å². The third-order valence-electron chi connectivity index (χ3n) is 6.65. The van der Waals surface area contributed by atoms with E-state index >= 15 is 0 Å². The van der Waals surface area contributed by atoms with Crippen LogP contribution in [0.25, 0.3) is 11.0 Å². The minimum atomic E-state index is -0.702. The largest absolute Gasteiger partial charge is 0.493 e. The zero-order chi connectivity index (χ0) is 26.4. The van der Waals surface area contributed by atoms with E-state index in [0.29, 0.717) is 46.2 Å². The Morgan fingerprint density at radius 1 is 1.00 bits per heavy atom. The fraction of sp³-hybridized carbons (Fsp3) is 0.267. The molecule has 3 aromatic carbocycles. The SMILES string of the molecule is COc1cc(C2c3c(oc4cc(C)c(C)cc4c3=O)C(=O)N2c2cccc(Br)c2)ccc1OCC(C)C. The number of hydrogen-bond acceptors (Lipinski definition) is 5. The van der Waals surface area contributed by atoms with Gasteiger partial charge in [-0.05, 0) is 78.9 Å². The van der Waals surface area contributed by atoms with Crippen LogP contribution < -0.4 is 19.8 Å². The summed E-state index contributed by atoms with van der Waals surface area (Å²) in [6, 6.07) is 15.9. The number of halogens is 1. The van der Waals surface area contributed by atoms with Gasteiger partial charge in [0.2, 0.25) is 5.76 Å². The van der Waals surface area contributed by atoms with Crippen LogP contribution in [0.1, 0.15) is 52.7 Å². The lowest BCUT2D eigenvalue weighted by Crippen LogP contribution is -2.29. The minimum Gasteiger partial charge on any atom is -0.493 e. The molecular weight excluding hydrogens is 534 g/mol. The number of fused-ring (bicyclic) bond motifs is 2. The first kappa shape index (κ1) is 25.1. The molecule has 190 valence electrons. The minimum absolute atomic E-state index is 0.0600. The number of aryl methyl sites for hydroxylation is 2. The van der Waals surface area contributed by atoms with E-state index in [-0.39, 0.29) is 17.1 Å². The van der Waals surface area contributed by atoms with E-state index in [4.69, 9.17) is 13.9 Å². The number of nitrogens with zero attached hydrogens (tertiary/aromatic N) is 1. The summed E-state index contributed by atoms with van der Waals surface area (Å²) < 4.78 is 18.6. The molecule has 1 unspecified atom stereocenters. The highest BCUT2D eigenvalue weighted by molar-refractivity contribution is 9.10. The van der Waals surface area contributed by atoms with Gasteiger partial charge in [0.05, 0.1) is 30.7 Å². The maximum absolute atomic E-state index is 14.0. The van der Waals surface area contributed by atoms with E-state index in [1.54, 1.807) is 12.0 Å². The van der Waals surface area contributed by atoms with Crippen LogP contribution >= 0.6 is 15.9 Å². The first-order valence-electron chi connectivity index (χ1n) is 12.2. The molecule has 0 fully saturated rings. The molecule has 0 saturated carbocycles. The van der Waals surface area contributed by atoms with Gasteiger partial charge in [0, 0.05) is 10.2 Å². The first-order chi connectivity index (χ1) is 17.7. The van der Waals surface area contributed by atoms with Crippen LogP contribution in [0.4, 0.5) is 5.69 Å². The Bertz CT molecular complexity index is 1590. The van der Waals surface area contributed by atoms with Crippen LogP contribution in [0.3, 0.4) is 0 Å². The molecule has 0 radical (unpaired) electrons. The lowest BCUT2D eigenvalue weighted by Gasteiger charge is -2.26. The van der Waals surface area contributed by atoms with Crippen molar-refractivity contribution in [3.8, 4) is 11.5 Å². The zero-order valence-corrected chi connectivity index (χ0v) is 23.0. The zero-order valence-electron chi connectivity index (χ0n) is 21.4. The lowest BCUT2D eigenvalue weighted by molar-refractivity contribution is 0.0971. The quantitative estimate of drug-likeness (QED) is 0.254. The molecular formula is C30H28BrNO5. The molecule has 2 heterocycles. The molecule has 0 aliphatic carbocycles. The summed E-state index contributed by atoms with van der Waals surface area (Å²) in [5.74, 6) is 1.18. The molecule has 6 nitrogen and oxygen atoms in total. The highest BCUT2D eigenvalue weighted by Crippen LogP contribution is 2.43. The van der Waals surface area contributed by atoms with E-state index in [0.717, 1.165) is 21.2 Å². The predicted molar refractivity (Wildman–Crippen MR) is 148 cm³/mol. The third-order valence-corrected chi connectivity index (χ3v) is 7.14. The number of amides is 1. The summed E-state index contributed by atoms with van der Waals surface area (Å²) in [7, 11) is 1.58. The molecule has 7 heteroatoms. The summed E-state index contributed by atoms with van der Waals surface area (Å²) in [5.41, 5.74) is 3.85. The van der Waals surface area contributed by atoms with E-state index < -0.39 is 6.04 Å². The molecule has 0 saturated heterocycles. The second kappa shape index (κ2) is 9.71.